The van der Waals surface area contributed by atoms with Gasteiger partial charge in [-0.15, -0.1) is 11.3 Å². The van der Waals surface area contributed by atoms with Crippen molar-refractivity contribution in [1.29, 1.82) is 0 Å². The van der Waals surface area contributed by atoms with E-state index in [1.54, 1.807) is 11.4 Å². The number of anilines is 1. The maximum absolute atomic E-state index is 12.1. The average Bonchev–Trinajstić information content (AvgIpc) is 2.95. The van der Waals surface area contributed by atoms with Crippen LogP contribution in [-0.2, 0) is 6.42 Å². The lowest BCUT2D eigenvalue weighted by Gasteiger charge is -2.07. The standard InChI is InChI=1S/C15H19N3O2S/c1-2-8-20-12-5-3-4-11(9-12)17-15(19)13-10-21-14(18-13)6-7-16/h3-5,9-10H,2,6-8,16H2,1H3,(H,17,19). The second kappa shape index (κ2) is 7.75. The molecule has 3 N–H and O–H groups in total. The second-order valence-corrected chi connectivity index (χ2v) is 5.44. The molecule has 0 bridgehead atoms. The molecule has 5 nitrogen and oxygen atoms in total. The van der Waals surface area contributed by atoms with E-state index in [-0.39, 0.29) is 5.91 Å². The third-order valence-corrected chi connectivity index (χ3v) is 3.62. The Morgan fingerprint density at radius 1 is 1.48 bits per heavy atom. The molecule has 2 aromatic rings. The molecule has 0 spiro atoms. The molecule has 0 fully saturated rings. The minimum atomic E-state index is -0.220. The molecule has 0 saturated carbocycles. The van der Waals surface area contributed by atoms with Gasteiger partial charge in [0.15, 0.2) is 0 Å². The predicted octanol–water partition coefficient (Wildman–Crippen LogP) is 2.69. The highest BCUT2D eigenvalue weighted by molar-refractivity contribution is 7.09. The molecule has 1 heterocycles. The SMILES string of the molecule is CCCOc1cccc(NC(=O)c2csc(CCN)n2)c1. The number of ether oxygens (including phenoxy) is 1. The van der Waals surface area contributed by atoms with Gasteiger partial charge in [-0.3, -0.25) is 4.79 Å². The lowest BCUT2D eigenvalue weighted by atomic mass is 10.3. The number of nitrogens with zero attached hydrogens (tertiary/aromatic N) is 1. The Labute approximate surface area is 128 Å². The molecular formula is C15H19N3O2S. The first-order chi connectivity index (χ1) is 10.2. The van der Waals surface area contributed by atoms with E-state index in [9.17, 15) is 4.79 Å². The van der Waals surface area contributed by atoms with E-state index in [1.165, 1.54) is 11.3 Å². The fourth-order valence-corrected chi connectivity index (χ4v) is 2.53. The zero-order valence-electron chi connectivity index (χ0n) is 12.0. The van der Waals surface area contributed by atoms with E-state index in [1.807, 2.05) is 25.1 Å². The van der Waals surface area contributed by atoms with Crippen molar-refractivity contribution in [3.63, 3.8) is 0 Å². The molecule has 0 atom stereocenters. The van der Waals surface area contributed by atoms with Crippen LogP contribution in [0.4, 0.5) is 5.69 Å². The van der Waals surface area contributed by atoms with Crippen molar-refractivity contribution in [2.24, 2.45) is 5.73 Å². The Balaban J connectivity index is 2.01. The fraction of sp³-hybridized carbons (Fsp3) is 0.333. The number of hydrogen-bond donors (Lipinski definition) is 2. The fourth-order valence-electron chi connectivity index (χ4n) is 1.73. The van der Waals surface area contributed by atoms with Gasteiger partial charge in [0.1, 0.15) is 11.4 Å². The number of aromatic nitrogens is 1. The number of nitrogens with one attached hydrogen (secondary N) is 1. The van der Waals surface area contributed by atoms with Crippen LogP contribution in [0.5, 0.6) is 5.75 Å². The first-order valence-corrected chi connectivity index (χ1v) is 7.79. The van der Waals surface area contributed by atoms with Gasteiger partial charge in [0.25, 0.3) is 5.91 Å². The Kier molecular flexibility index (Phi) is 5.71. The van der Waals surface area contributed by atoms with Gasteiger partial charge in [0.2, 0.25) is 0 Å². The summed E-state index contributed by atoms with van der Waals surface area (Å²) in [6, 6.07) is 7.35. The number of amides is 1. The van der Waals surface area contributed by atoms with Crippen LogP contribution < -0.4 is 15.8 Å². The molecule has 0 aliphatic rings. The molecular weight excluding hydrogens is 286 g/mol. The molecule has 6 heteroatoms. The molecule has 0 aliphatic heterocycles. The Morgan fingerprint density at radius 2 is 2.33 bits per heavy atom. The van der Waals surface area contributed by atoms with Crippen molar-refractivity contribution >= 4 is 22.9 Å². The first kappa shape index (κ1) is 15.5. The molecule has 0 aliphatic carbocycles. The first-order valence-electron chi connectivity index (χ1n) is 6.91. The summed E-state index contributed by atoms with van der Waals surface area (Å²) in [4.78, 5) is 16.4. The minimum absolute atomic E-state index is 0.220. The van der Waals surface area contributed by atoms with E-state index in [4.69, 9.17) is 10.5 Å². The zero-order valence-corrected chi connectivity index (χ0v) is 12.8. The van der Waals surface area contributed by atoms with Gasteiger partial charge in [0.05, 0.1) is 11.6 Å². The quantitative estimate of drug-likeness (QED) is 0.824. The maximum atomic E-state index is 12.1. The second-order valence-electron chi connectivity index (χ2n) is 4.50. The van der Waals surface area contributed by atoms with Gasteiger partial charge in [-0.2, -0.15) is 0 Å². The molecule has 1 aromatic carbocycles. The number of nitrogens with two attached hydrogens (primary N) is 1. The van der Waals surface area contributed by atoms with Crippen LogP contribution in [0.1, 0.15) is 28.8 Å². The largest absolute Gasteiger partial charge is 0.494 e. The van der Waals surface area contributed by atoms with E-state index < -0.39 is 0 Å². The predicted molar refractivity (Wildman–Crippen MR) is 85.1 cm³/mol. The van der Waals surface area contributed by atoms with Crippen LogP contribution in [0.3, 0.4) is 0 Å². The number of rotatable bonds is 7. The summed E-state index contributed by atoms with van der Waals surface area (Å²) in [6.07, 6.45) is 1.64. The molecule has 0 saturated heterocycles. The van der Waals surface area contributed by atoms with Crippen LogP contribution in [0, 0.1) is 0 Å². The Bertz CT molecular complexity index is 598. The van der Waals surface area contributed by atoms with Crippen LogP contribution >= 0.6 is 11.3 Å². The number of hydrogen-bond acceptors (Lipinski definition) is 5. The molecule has 0 unspecified atom stereocenters. The number of thiazole rings is 1. The van der Waals surface area contributed by atoms with Crippen molar-refractivity contribution in [2.75, 3.05) is 18.5 Å². The summed E-state index contributed by atoms with van der Waals surface area (Å²) in [7, 11) is 0. The van der Waals surface area contributed by atoms with E-state index in [2.05, 4.69) is 10.3 Å². The molecule has 1 aromatic heterocycles. The van der Waals surface area contributed by atoms with Crippen molar-refractivity contribution in [2.45, 2.75) is 19.8 Å². The monoisotopic (exact) mass is 305 g/mol. The van der Waals surface area contributed by atoms with Crippen LogP contribution in [0.15, 0.2) is 29.6 Å². The number of carbonyl (C=O) groups excluding carboxylic acids is 1. The van der Waals surface area contributed by atoms with Gasteiger partial charge in [0, 0.05) is 23.6 Å². The summed E-state index contributed by atoms with van der Waals surface area (Å²) >= 11 is 1.45. The van der Waals surface area contributed by atoms with Crippen molar-refractivity contribution in [1.82, 2.24) is 4.98 Å². The lowest BCUT2D eigenvalue weighted by molar-refractivity contribution is 0.102. The van der Waals surface area contributed by atoms with Gasteiger partial charge in [-0.25, -0.2) is 4.98 Å². The van der Waals surface area contributed by atoms with Gasteiger partial charge in [-0.05, 0) is 25.1 Å². The van der Waals surface area contributed by atoms with Gasteiger partial charge < -0.3 is 15.8 Å². The maximum Gasteiger partial charge on any atom is 0.275 e. The van der Waals surface area contributed by atoms with E-state index in [0.29, 0.717) is 31.0 Å². The topological polar surface area (TPSA) is 77.2 Å². The summed E-state index contributed by atoms with van der Waals surface area (Å²) < 4.78 is 5.54. The Morgan fingerprint density at radius 3 is 3.10 bits per heavy atom. The highest BCUT2D eigenvalue weighted by Crippen LogP contribution is 2.19. The van der Waals surface area contributed by atoms with Crippen molar-refractivity contribution in [3.8, 4) is 5.75 Å². The third kappa shape index (κ3) is 4.54. The lowest BCUT2D eigenvalue weighted by Crippen LogP contribution is -2.13. The highest BCUT2D eigenvalue weighted by Gasteiger charge is 2.11. The van der Waals surface area contributed by atoms with Crippen LogP contribution in [0.2, 0.25) is 0 Å². The van der Waals surface area contributed by atoms with Crippen LogP contribution in [-0.4, -0.2) is 24.0 Å². The number of benzene rings is 1. The highest BCUT2D eigenvalue weighted by atomic mass is 32.1. The minimum Gasteiger partial charge on any atom is -0.494 e. The molecule has 21 heavy (non-hydrogen) atoms. The summed E-state index contributed by atoms with van der Waals surface area (Å²) in [6.45, 7) is 3.24. The van der Waals surface area contributed by atoms with Crippen molar-refractivity contribution in [3.05, 3.63) is 40.3 Å². The average molecular weight is 305 g/mol. The summed E-state index contributed by atoms with van der Waals surface area (Å²) in [5.41, 5.74) is 6.59. The van der Waals surface area contributed by atoms with E-state index in [0.717, 1.165) is 17.2 Å². The van der Waals surface area contributed by atoms with Crippen molar-refractivity contribution < 1.29 is 9.53 Å². The smallest absolute Gasteiger partial charge is 0.275 e. The molecule has 2 rings (SSSR count). The third-order valence-electron chi connectivity index (χ3n) is 2.71. The van der Waals surface area contributed by atoms with E-state index >= 15 is 0 Å². The zero-order chi connectivity index (χ0) is 15.1. The summed E-state index contributed by atoms with van der Waals surface area (Å²) in [5, 5.41) is 5.45. The van der Waals surface area contributed by atoms with Gasteiger partial charge >= 0.3 is 0 Å². The molecule has 0 radical (unpaired) electrons. The number of carbonyl (C=O) groups is 1. The summed E-state index contributed by atoms with van der Waals surface area (Å²) in [5.74, 6) is 0.527. The molecule has 1 amide bonds. The Hall–Kier alpha value is -1.92. The van der Waals surface area contributed by atoms with Crippen LogP contribution in [0.25, 0.3) is 0 Å². The van der Waals surface area contributed by atoms with Gasteiger partial charge in [-0.1, -0.05) is 13.0 Å². The molecule has 112 valence electrons. The normalized spacial score (nSPS) is 10.4.